The number of carbonyl (C=O) groups is 2. The van der Waals surface area contributed by atoms with Gasteiger partial charge in [0.15, 0.2) is 0 Å². The van der Waals surface area contributed by atoms with Crippen molar-refractivity contribution < 1.29 is 23.1 Å². The van der Waals surface area contributed by atoms with Gasteiger partial charge in [-0.15, -0.1) is 0 Å². The number of rotatable bonds is 3. The van der Waals surface area contributed by atoms with Gasteiger partial charge in [0.2, 0.25) is 10.0 Å². The molecule has 0 spiro atoms. The van der Waals surface area contributed by atoms with Crippen LogP contribution < -0.4 is 5.14 Å². The molecule has 0 heterocycles. The van der Waals surface area contributed by atoms with E-state index >= 15 is 0 Å². The van der Waals surface area contributed by atoms with Crippen molar-refractivity contribution in [1.82, 2.24) is 0 Å². The number of hydrogen-bond acceptors (Lipinski definition) is 4. The summed E-state index contributed by atoms with van der Waals surface area (Å²) in [7, 11) is -4.15. The van der Waals surface area contributed by atoms with E-state index in [-0.39, 0.29) is 5.56 Å². The Kier molecular flexibility index (Phi) is 2.87. The highest BCUT2D eigenvalue weighted by molar-refractivity contribution is 7.89. The number of aromatic carboxylic acids is 1. The molecule has 0 aliphatic heterocycles. The normalized spacial score (nSPS) is 11.0. The molecule has 0 saturated heterocycles. The van der Waals surface area contributed by atoms with Crippen molar-refractivity contribution in [2.75, 3.05) is 0 Å². The Bertz CT molecular complexity index is 520. The summed E-state index contributed by atoms with van der Waals surface area (Å²) in [5, 5.41) is 13.5. The maximum Gasteiger partial charge on any atom is 0.337 e. The zero-order chi connectivity index (χ0) is 11.6. The lowest BCUT2D eigenvalue weighted by Crippen LogP contribution is -2.17. The maximum atomic E-state index is 11.0. The minimum atomic E-state index is -4.15. The lowest BCUT2D eigenvalue weighted by atomic mass is 10.1. The Morgan fingerprint density at radius 3 is 2.40 bits per heavy atom. The number of carboxylic acids is 1. The van der Waals surface area contributed by atoms with Gasteiger partial charge < -0.3 is 5.11 Å². The number of carboxylic acid groups (broad SMARTS) is 1. The lowest BCUT2D eigenvalue weighted by Gasteiger charge is -2.03. The second kappa shape index (κ2) is 3.79. The number of aldehydes is 1. The molecule has 0 aliphatic carbocycles. The van der Waals surface area contributed by atoms with Crippen LogP contribution in [0.25, 0.3) is 0 Å². The second-order valence-corrected chi connectivity index (χ2v) is 4.25. The predicted molar refractivity (Wildman–Crippen MR) is 50.2 cm³/mol. The van der Waals surface area contributed by atoms with Gasteiger partial charge in [0.1, 0.15) is 6.29 Å². The van der Waals surface area contributed by atoms with E-state index in [1.54, 1.807) is 0 Å². The fourth-order valence-corrected chi connectivity index (χ4v) is 1.79. The summed E-state index contributed by atoms with van der Waals surface area (Å²) < 4.78 is 22.0. The van der Waals surface area contributed by atoms with Gasteiger partial charge in [-0.3, -0.25) is 4.79 Å². The standard InChI is InChI=1S/C8H7NO5S/c9-15(13,14)7-3-5(4-10)1-2-6(7)8(11)12/h1-4H,(H,11,12)(H2,9,13,14). The van der Waals surface area contributed by atoms with Crippen LogP contribution in [0.5, 0.6) is 0 Å². The Morgan fingerprint density at radius 1 is 1.40 bits per heavy atom. The second-order valence-electron chi connectivity index (χ2n) is 2.72. The summed E-state index contributed by atoms with van der Waals surface area (Å²) in [5.41, 5.74) is -0.410. The van der Waals surface area contributed by atoms with Crippen LogP contribution >= 0.6 is 0 Å². The third kappa shape index (κ3) is 2.39. The quantitative estimate of drug-likeness (QED) is 0.699. The molecule has 15 heavy (non-hydrogen) atoms. The topological polar surface area (TPSA) is 115 Å². The van der Waals surface area contributed by atoms with Crippen LogP contribution in [-0.4, -0.2) is 25.8 Å². The molecule has 0 bridgehead atoms. The van der Waals surface area contributed by atoms with E-state index in [2.05, 4.69) is 0 Å². The SMILES string of the molecule is NS(=O)(=O)c1cc(C=O)ccc1C(=O)O. The smallest absolute Gasteiger partial charge is 0.337 e. The molecule has 7 heteroatoms. The third-order valence-corrected chi connectivity index (χ3v) is 2.63. The van der Waals surface area contributed by atoms with Crippen molar-refractivity contribution >= 4 is 22.3 Å². The number of nitrogens with two attached hydrogens (primary N) is 1. The summed E-state index contributed by atoms with van der Waals surface area (Å²) >= 11 is 0. The summed E-state index contributed by atoms with van der Waals surface area (Å²) in [6.45, 7) is 0. The van der Waals surface area contributed by atoms with Crippen LogP contribution in [0.1, 0.15) is 20.7 Å². The van der Waals surface area contributed by atoms with Gasteiger partial charge in [0.25, 0.3) is 0 Å². The first-order valence-corrected chi connectivity index (χ1v) is 5.26. The van der Waals surface area contributed by atoms with Crippen LogP contribution in [0, 0.1) is 0 Å². The minimum absolute atomic E-state index is 0.0454. The van der Waals surface area contributed by atoms with Crippen molar-refractivity contribution in [3.8, 4) is 0 Å². The zero-order valence-corrected chi connectivity index (χ0v) is 8.19. The van der Waals surface area contributed by atoms with Crippen LogP contribution in [0.3, 0.4) is 0 Å². The van der Waals surface area contributed by atoms with Gasteiger partial charge in [-0.2, -0.15) is 0 Å². The molecule has 0 aliphatic rings. The first kappa shape index (κ1) is 11.3. The average Bonchev–Trinajstić information content (AvgIpc) is 2.15. The van der Waals surface area contributed by atoms with E-state index in [1.807, 2.05) is 0 Å². The van der Waals surface area contributed by atoms with E-state index in [4.69, 9.17) is 10.2 Å². The molecular weight excluding hydrogens is 222 g/mol. The summed E-state index contributed by atoms with van der Waals surface area (Å²) in [6.07, 6.45) is 0.403. The largest absolute Gasteiger partial charge is 0.478 e. The molecule has 0 aromatic heterocycles. The number of benzene rings is 1. The molecular formula is C8H7NO5S. The Labute approximate surface area is 85.4 Å². The van der Waals surface area contributed by atoms with Crippen LogP contribution in [-0.2, 0) is 10.0 Å². The number of sulfonamides is 1. The third-order valence-electron chi connectivity index (χ3n) is 1.68. The highest BCUT2D eigenvalue weighted by Crippen LogP contribution is 2.15. The first-order valence-electron chi connectivity index (χ1n) is 3.71. The van der Waals surface area contributed by atoms with Gasteiger partial charge in [-0.1, -0.05) is 6.07 Å². The summed E-state index contributed by atoms with van der Waals surface area (Å²) in [6, 6.07) is 3.14. The van der Waals surface area contributed by atoms with Gasteiger partial charge in [-0.05, 0) is 12.1 Å². The fraction of sp³-hybridized carbons (Fsp3) is 0. The number of carbonyl (C=O) groups excluding carboxylic acids is 1. The van der Waals surface area contributed by atoms with Crippen LogP contribution in [0.2, 0.25) is 0 Å². The van der Waals surface area contributed by atoms with Gasteiger partial charge >= 0.3 is 5.97 Å². The highest BCUT2D eigenvalue weighted by Gasteiger charge is 2.19. The maximum absolute atomic E-state index is 11.0. The van der Waals surface area contributed by atoms with Crippen molar-refractivity contribution in [1.29, 1.82) is 0 Å². The molecule has 1 aromatic carbocycles. The van der Waals surface area contributed by atoms with E-state index in [1.165, 1.54) is 6.07 Å². The zero-order valence-electron chi connectivity index (χ0n) is 7.38. The van der Waals surface area contributed by atoms with Gasteiger partial charge in [0, 0.05) is 5.56 Å². The van der Waals surface area contributed by atoms with Gasteiger partial charge in [0.05, 0.1) is 10.5 Å². The van der Waals surface area contributed by atoms with Crippen molar-refractivity contribution in [3.05, 3.63) is 29.3 Å². The molecule has 80 valence electrons. The molecule has 0 fully saturated rings. The average molecular weight is 229 g/mol. The van der Waals surface area contributed by atoms with E-state index in [0.717, 1.165) is 12.1 Å². The lowest BCUT2D eigenvalue weighted by molar-refractivity contribution is 0.0692. The fourth-order valence-electron chi connectivity index (χ4n) is 1.02. The molecule has 1 rings (SSSR count). The highest BCUT2D eigenvalue weighted by atomic mass is 32.2. The van der Waals surface area contributed by atoms with Crippen LogP contribution in [0.15, 0.2) is 23.1 Å². The first-order chi connectivity index (χ1) is 6.86. The van der Waals surface area contributed by atoms with Crippen molar-refractivity contribution in [2.24, 2.45) is 5.14 Å². The van der Waals surface area contributed by atoms with Crippen molar-refractivity contribution in [2.45, 2.75) is 4.90 Å². The molecule has 0 radical (unpaired) electrons. The molecule has 0 amide bonds. The molecule has 0 unspecified atom stereocenters. The predicted octanol–water partition coefficient (Wildman–Crippen LogP) is -0.155. The summed E-state index contributed by atoms with van der Waals surface area (Å²) in [4.78, 5) is 20.5. The van der Waals surface area contributed by atoms with E-state index < -0.39 is 26.5 Å². The molecule has 6 nitrogen and oxygen atoms in total. The van der Waals surface area contributed by atoms with E-state index in [9.17, 15) is 18.0 Å². The summed E-state index contributed by atoms with van der Waals surface area (Å²) in [5.74, 6) is -1.42. The molecule has 0 saturated carbocycles. The van der Waals surface area contributed by atoms with Crippen LogP contribution in [0.4, 0.5) is 0 Å². The molecule has 1 aromatic rings. The Balaban J connectivity index is 3.56. The minimum Gasteiger partial charge on any atom is -0.478 e. The monoisotopic (exact) mass is 229 g/mol. The Hall–Kier alpha value is -1.73. The van der Waals surface area contributed by atoms with E-state index in [0.29, 0.717) is 6.29 Å². The van der Waals surface area contributed by atoms with Crippen molar-refractivity contribution in [3.63, 3.8) is 0 Å². The Morgan fingerprint density at radius 2 is 2.00 bits per heavy atom. The number of hydrogen-bond donors (Lipinski definition) is 2. The van der Waals surface area contributed by atoms with Gasteiger partial charge in [-0.25, -0.2) is 18.4 Å². The molecule has 0 atom stereocenters. The molecule has 3 N–H and O–H groups in total. The number of primary sulfonamides is 1.